The van der Waals surface area contributed by atoms with Crippen LogP contribution in [-0.4, -0.2) is 15.5 Å². The van der Waals surface area contributed by atoms with E-state index in [9.17, 15) is 9.18 Å². The molecule has 6 heteroatoms. The molecule has 1 amide bonds. The molecule has 0 aliphatic rings. The van der Waals surface area contributed by atoms with Crippen LogP contribution in [-0.2, 0) is 6.54 Å². The summed E-state index contributed by atoms with van der Waals surface area (Å²) in [7, 11) is 0. The average Bonchev–Trinajstić information content (AvgIpc) is 2.87. The fourth-order valence-electron chi connectivity index (χ4n) is 2.73. The molecule has 0 bridgehead atoms. The quantitative estimate of drug-likeness (QED) is 0.768. The van der Waals surface area contributed by atoms with Gasteiger partial charge in [-0.15, -0.1) is 0 Å². The van der Waals surface area contributed by atoms with Crippen molar-refractivity contribution in [1.29, 1.82) is 0 Å². The van der Waals surface area contributed by atoms with Crippen LogP contribution < -0.4 is 5.73 Å². The molecule has 1 aromatic carbocycles. The highest BCUT2D eigenvalue weighted by atomic mass is 35.5. The number of carbonyl (C=O) groups excluding carboxylic acids is 1. The van der Waals surface area contributed by atoms with Gasteiger partial charge >= 0.3 is 0 Å². The van der Waals surface area contributed by atoms with E-state index >= 15 is 0 Å². The van der Waals surface area contributed by atoms with Gasteiger partial charge in [-0.2, -0.15) is 0 Å². The number of hydrogen-bond donors (Lipinski definition) is 1. The van der Waals surface area contributed by atoms with E-state index < -0.39 is 11.7 Å². The topological polar surface area (TPSA) is 60.9 Å². The van der Waals surface area contributed by atoms with E-state index in [1.54, 1.807) is 18.2 Å². The Morgan fingerprint density at radius 3 is 2.71 bits per heavy atom. The van der Waals surface area contributed by atoms with Gasteiger partial charge in [-0.1, -0.05) is 31.5 Å². The number of benzene rings is 1. The minimum Gasteiger partial charge on any atom is -0.364 e. The van der Waals surface area contributed by atoms with Crippen LogP contribution in [0.3, 0.4) is 0 Å². The minimum atomic E-state index is -0.576. The molecule has 3 aromatic rings. The largest absolute Gasteiger partial charge is 0.364 e. The summed E-state index contributed by atoms with van der Waals surface area (Å²) < 4.78 is 15.8. The summed E-state index contributed by atoms with van der Waals surface area (Å²) >= 11 is 5.77. The Hall–Kier alpha value is -2.40. The predicted octanol–water partition coefficient (Wildman–Crippen LogP) is 4.25. The third-order valence-corrected chi connectivity index (χ3v) is 4.07. The first-order valence-corrected chi connectivity index (χ1v) is 7.99. The van der Waals surface area contributed by atoms with Gasteiger partial charge in [-0.3, -0.25) is 4.79 Å². The molecule has 0 unspecified atom stereocenters. The molecule has 0 aliphatic carbocycles. The van der Waals surface area contributed by atoms with Crippen LogP contribution in [0.5, 0.6) is 0 Å². The maximum Gasteiger partial charge on any atom is 0.267 e. The molecular weight excluding hydrogens is 329 g/mol. The van der Waals surface area contributed by atoms with Crippen LogP contribution in [0.25, 0.3) is 22.2 Å². The highest BCUT2D eigenvalue weighted by Gasteiger charge is 2.15. The molecule has 2 N–H and O–H groups in total. The molecule has 3 rings (SSSR count). The first-order valence-electron chi connectivity index (χ1n) is 7.62. The maximum atomic E-state index is 13.8. The average molecular weight is 346 g/mol. The summed E-state index contributed by atoms with van der Waals surface area (Å²) in [4.78, 5) is 15.8. The summed E-state index contributed by atoms with van der Waals surface area (Å²) in [6.45, 7) is 4.90. The van der Waals surface area contributed by atoms with Gasteiger partial charge in [0.25, 0.3) is 5.91 Å². The van der Waals surface area contributed by atoms with Crippen molar-refractivity contribution in [2.45, 2.75) is 20.4 Å². The second-order valence-electron chi connectivity index (χ2n) is 6.15. The van der Waals surface area contributed by atoms with Gasteiger partial charge in [0.15, 0.2) is 0 Å². The summed E-state index contributed by atoms with van der Waals surface area (Å²) in [6, 6.07) is 8.07. The summed E-state index contributed by atoms with van der Waals surface area (Å²) in [5.41, 5.74) is 7.75. The molecule has 4 nitrogen and oxygen atoms in total. The van der Waals surface area contributed by atoms with Crippen molar-refractivity contribution in [3.63, 3.8) is 0 Å². The number of hydrogen-bond acceptors (Lipinski definition) is 2. The monoisotopic (exact) mass is 345 g/mol. The fraction of sp³-hybridized carbons (Fsp3) is 0.222. The van der Waals surface area contributed by atoms with E-state index in [1.807, 2.05) is 10.8 Å². The molecule has 0 saturated heterocycles. The zero-order chi connectivity index (χ0) is 17.4. The first kappa shape index (κ1) is 16.5. The van der Waals surface area contributed by atoms with E-state index in [0.717, 1.165) is 17.5 Å². The van der Waals surface area contributed by atoms with E-state index in [0.29, 0.717) is 17.1 Å². The molecule has 0 fully saturated rings. The Morgan fingerprint density at radius 1 is 1.33 bits per heavy atom. The lowest BCUT2D eigenvalue weighted by Crippen LogP contribution is -2.13. The lowest BCUT2D eigenvalue weighted by atomic mass is 10.1. The van der Waals surface area contributed by atoms with Gasteiger partial charge < -0.3 is 10.3 Å². The number of halogens is 2. The molecule has 0 aliphatic heterocycles. The Balaban J connectivity index is 2.24. The number of fused-ring (bicyclic) bond motifs is 1. The SMILES string of the molecule is CC(C)Cn1cc(-c2ccc(Cl)c(F)c2)c2ccc(C(N)=O)nc21. The summed E-state index contributed by atoms with van der Waals surface area (Å²) in [5, 5.41) is 0.918. The molecule has 0 saturated carbocycles. The smallest absolute Gasteiger partial charge is 0.267 e. The van der Waals surface area contributed by atoms with Gasteiger partial charge in [0.2, 0.25) is 0 Å². The molecule has 2 heterocycles. The zero-order valence-corrected chi connectivity index (χ0v) is 14.1. The Labute approximate surface area is 144 Å². The standard InChI is InChI=1S/C18H17ClFN3O/c1-10(2)8-23-9-13(11-3-5-14(19)15(20)7-11)12-4-6-16(17(21)24)22-18(12)23/h3-7,9-10H,8H2,1-2H3,(H2,21,24). The molecule has 24 heavy (non-hydrogen) atoms. The van der Waals surface area contributed by atoms with Crippen LogP contribution >= 0.6 is 11.6 Å². The number of pyridine rings is 1. The van der Waals surface area contributed by atoms with Crippen LogP contribution in [0.15, 0.2) is 36.5 Å². The van der Waals surface area contributed by atoms with Crippen molar-refractivity contribution in [3.8, 4) is 11.1 Å². The lowest BCUT2D eigenvalue weighted by molar-refractivity contribution is 0.0996. The van der Waals surface area contributed by atoms with Gasteiger partial charge in [-0.05, 0) is 35.7 Å². The van der Waals surface area contributed by atoms with Crippen molar-refractivity contribution in [2.24, 2.45) is 11.7 Å². The van der Waals surface area contributed by atoms with Crippen molar-refractivity contribution in [2.75, 3.05) is 0 Å². The van der Waals surface area contributed by atoms with Crippen molar-refractivity contribution < 1.29 is 9.18 Å². The van der Waals surface area contributed by atoms with E-state index in [-0.39, 0.29) is 10.7 Å². The zero-order valence-electron chi connectivity index (χ0n) is 13.4. The second-order valence-corrected chi connectivity index (χ2v) is 6.56. The Bertz CT molecular complexity index is 933. The summed E-state index contributed by atoms with van der Waals surface area (Å²) in [5.74, 6) is -0.664. The molecule has 0 radical (unpaired) electrons. The number of aromatic nitrogens is 2. The van der Waals surface area contributed by atoms with Crippen LogP contribution in [0, 0.1) is 11.7 Å². The number of primary amides is 1. The van der Waals surface area contributed by atoms with Crippen LogP contribution in [0.2, 0.25) is 5.02 Å². The Kier molecular flexibility index (Phi) is 4.28. The normalized spacial score (nSPS) is 11.4. The number of rotatable bonds is 4. The molecular formula is C18H17ClFN3O. The number of nitrogens with zero attached hydrogens (tertiary/aromatic N) is 2. The van der Waals surface area contributed by atoms with Crippen molar-refractivity contribution in [3.05, 3.63) is 53.1 Å². The Morgan fingerprint density at radius 2 is 2.08 bits per heavy atom. The van der Waals surface area contributed by atoms with Gasteiger partial charge in [0.05, 0.1) is 5.02 Å². The third-order valence-electron chi connectivity index (χ3n) is 3.77. The van der Waals surface area contributed by atoms with Gasteiger partial charge in [0.1, 0.15) is 17.2 Å². The van der Waals surface area contributed by atoms with E-state index in [1.165, 1.54) is 12.1 Å². The number of amides is 1. The summed E-state index contributed by atoms with van der Waals surface area (Å²) in [6.07, 6.45) is 1.92. The maximum absolute atomic E-state index is 13.8. The molecule has 2 aromatic heterocycles. The van der Waals surface area contributed by atoms with Gasteiger partial charge in [0, 0.05) is 23.7 Å². The van der Waals surface area contributed by atoms with E-state index in [2.05, 4.69) is 18.8 Å². The van der Waals surface area contributed by atoms with Crippen molar-refractivity contribution >= 4 is 28.5 Å². The van der Waals surface area contributed by atoms with Crippen molar-refractivity contribution in [1.82, 2.24) is 9.55 Å². The van der Waals surface area contributed by atoms with Crippen LogP contribution in [0.4, 0.5) is 4.39 Å². The minimum absolute atomic E-state index is 0.0822. The molecule has 0 atom stereocenters. The third kappa shape index (κ3) is 2.99. The fourth-order valence-corrected chi connectivity index (χ4v) is 2.85. The van der Waals surface area contributed by atoms with Gasteiger partial charge in [-0.25, -0.2) is 9.37 Å². The number of nitrogens with two attached hydrogens (primary N) is 1. The first-order chi connectivity index (χ1) is 11.4. The van der Waals surface area contributed by atoms with Crippen LogP contribution in [0.1, 0.15) is 24.3 Å². The van der Waals surface area contributed by atoms with E-state index in [4.69, 9.17) is 17.3 Å². The molecule has 0 spiro atoms. The second kappa shape index (κ2) is 6.24. The molecule has 124 valence electrons. The predicted molar refractivity (Wildman–Crippen MR) is 93.5 cm³/mol. The number of carbonyl (C=O) groups is 1. The highest BCUT2D eigenvalue weighted by Crippen LogP contribution is 2.32. The highest BCUT2D eigenvalue weighted by molar-refractivity contribution is 6.30. The lowest BCUT2D eigenvalue weighted by Gasteiger charge is -2.07.